The fourth-order valence-corrected chi connectivity index (χ4v) is 1.48. The molecule has 1 unspecified atom stereocenters. The fourth-order valence-electron chi connectivity index (χ4n) is 1.48. The Balaban J connectivity index is 3.01. The molecule has 0 spiro atoms. The molecule has 1 atom stereocenters. The molecule has 1 aromatic carbocycles. The first-order valence-corrected chi connectivity index (χ1v) is 5.22. The monoisotopic (exact) mass is 190 g/mol. The quantitative estimate of drug-likeness (QED) is 0.667. The first kappa shape index (κ1) is 11.0. The van der Waals surface area contributed by atoms with Crippen LogP contribution in [0.15, 0.2) is 24.3 Å². The van der Waals surface area contributed by atoms with E-state index >= 15 is 0 Å². The Labute approximate surface area is 86.1 Å². The topological polar surface area (TPSA) is 17.1 Å². The first-order chi connectivity index (χ1) is 6.66. The molecule has 0 saturated carbocycles. The van der Waals surface area contributed by atoms with E-state index in [1.165, 1.54) is 5.56 Å². The lowest BCUT2D eigenvalue weighted by atomic mass is 9.81. The van der Waals surface area contributed by atoms with Crippen molar-refractivity contribution < 1.29 is 4.79 Å². The van der Waals surface area contributed by atoms with Gasteiger partial charge in [-0.2, -0.15) is 0 Å². The molecule has 1 nitrogen and oxygen atoms in total. The largest absolute Gasteiger partial charge is 0.302 e. The minimum absolute atomic E-state index is 0.313. The maximum Gasteiger partial charge on any atom is 0.130 e. The van der Waals surface area contributed by atoms with Gasteiger partial charge in [0, 0.05) is 5.41 Å². The highest BCUT2D eigenvalue weighted by molar-refractivity contribution is 5.67. The third-order valence-corrected chi connectivity index (χ3v) is 3.02. The van der Waals surface area contributed by atoms with Crippen molar-refractivity contribution in [3.8, 4) is 0 Å². The van der Waals surface area contributed by atoms with Crippen molar-refractivity contribution in [3.63, 3.8) is 0 Å². The number of hydrogen-bond donors (Lipinski definition) is 0. The highest BCUT2D eigenvalue weighted by atomic mass is 16.1. The third-order valence-electron chi connectivity index (χ3n) is 3.02. The molecule has 0 fully saturated rings. The Kier molecular flexibility index (Phi) is 3.45. The van der Waals surface area contributed by atoms with Crippen LogP contribution < -0.4 is 0 Å². The molecule has 0 aliphatic rings. The van der Waals surface area contributed by atoms with E-state index in [0.717, 1.165) is 24.7 Å². The molecular formula is C13H18O. The average molecular weight is 190 g/mol. The summed E-state index contributed by atoms with van der Waals surface area (Å²) in [5, 5.41) is 0. The molecule has 0 heterocycles. The van der Waals surface area contributed by atoms with E-state index in [1.807, 2.05) is 13.8 Å². The van der Waals surface area contributed by atoms with Gasteiger partial charge in [0.2, 0.25) is 0 Å². The molecule has 14 heavy (non-hydrogen) atoms. The lowest BCUT2D eigenvalue weighted by molar-refractivity contribution is -0.112. The summed E-state index contributed by atoms with van der Waals surface area (Å²) in [6.07, 6.45) is 2.94. The number of rotatable bonds is 4. The van der Waals surface area contributed by atoms with Crippen molar-refractivity contribution in [2.45, 2.75) is 39.0 Å². The van der Waals surface area contributed by atoms with E-state index in [0.29, 0.717) is 0 Å². The zero-order chi connectivity index (χ0) is 10.6. The van der Waals surface area contributed by atoms with Crippen molar-refractivity contribution >= 4 is 6.29 Å². The van der Waals surface area contributed by atoms with E-state index in [-0.39, 0.29) is 5.41 Å². The van der Waals surface area contributed by atoms with Crippen molar-refractivity contribution in [3.05, 3.63) is 35.4 Å². The summed E-state index contributed by atoms with van der Waals surface area (Å²) in [5.74, 6) is 0. The summed E-state index contributed by atoms with van der Waals surface area (Å²) in [4.78, 5) is 11.0. The maximum atomic E-state index is 11.0. The zero-order valence-corrected chi connectivity index (χ0v) is 9.21. The maximum absolute atomic E-state index is 11.0. The predicted octanol–water partition coefficient (Wildman–Crippen LogP) is 3.12. The highest BCUT2D eigenvalue weighted by Crippen LogP contribution is 2.25. The van der Waals surface area contributed by atoms with Gasteiger partial charge in [-0.05, 0) is 30.9 Å². The molecule has 0 N–H and O–H groups in total. The second-order valence-corrected chi connectivity index (χ2v) is 3.94. The zero-order valence-electron chi connectivity index (χ0n) is 9.21. The number of aldehydes is 1. The van der Waals surface area contributed by atoms with Crippen LogP contribution >= 0.6 is 0 Å². The van der Waals surface area contributed by atoms with Crippen molar-refractivity contribution in [2.24, 2.45) is 0 Å². The van der Waals surface area contributed by atoms with Crippen molar-refractivity contribution in [2.75, 3.05) is 0 Å². The normalized spacial score (nSPS) is 14.8. The van der Waals surface area contributed by atoms with Crippen LogP contribution in [0, 0.1) is 0 Å². The number of benzene rings is 1. The van der Waals surface area contributed by atoms with Crippen LogP contribution in [0.5, 0.6) is 0 Å². The summed E-state index contributed by atoms with van der Waals surface area (Å²) >= 11 is 0. The fraction of sp³-hybridized carbons (Fsp3) is 0.462. The Morgan fingerprint density at radius 1 is 1.21 bits per heavy atom. The predicted molar refractivity (Wildman–Crippen MR) is 59.5 cm³/mol. The lowest BCUT2D eigenvalue weighted by Crippen LogP contribution is -2.22. The van der Waals surface area contributed by atoms with E-state index < -0.39 is 0 Å². The van der Waals surface area contributed by atoms with Crippen LogP contribution in [-0.2, 0) is 16.6 Å². The standard InChI is InChI=1S/C13H18O/c1-4-11-6-8-12(9-7-11)13(3,5-2)10-14/h6-10H,4-5H2,1-3H3. The Morgan fingerprint density at radius 2 is 1.79 bits per heavy atom. The van der Waals surface area contributed by atoms with Gasteiger partial charge < -0.3 is 4.79 Å². The van der Waals surface area contributed by atoms with Gasteiger partial charge in [0.05, 0.1) is 0 Å². The number of hydrogen-bond acceptors (Lipinski definition) is 1. The summed E-state index contributed by atoms with van der Waals surface area (Å²) in [6.45, 7) is 6.16. The SMILES string of the molecule is CCc1ccc(C(C)(C=O)CC)cc1. The molecule has 0 saturated heterocycles. The average Bonchev–Trinajstić information content (AvgIpc) is 2.28. The molecule has 0 amide bonds. The lowest BCUT2D eigenvalue weighted by Gasteiger charge is -2.21. The third kappa shape index (κ3) is 2.03. The van der Waals surface area contributed by atoms with Crippen molar-refractivity contribution in [1.29, 1.82) is 0 Å². The van der Waals surface area contributed by atoms with E-state index in [1.54, 1.807) is 0 Å². The van der Waals surface area contributed by atoms with E-state index in [9.17, 15) is 4.79 Å². The van der Waals surface area contributed by atoms with Crippen LogP contribution in [0.25, 0.3) is 0 Å². The highest BCUT2D eigenvalue weighted by Gasteiger charge is 2.23. The van der Waals surface area contributed by atoms with Crippen LogP contribution in [0.2, 0.25) is 0 Å². The van der Waals surface area contributed by atoms with Gasteiger partial charge in [-0.1, -0.05) is 38.1 Å². The van der Waals surface area contributed by atoms with Crippen LogP contribution in [0.4, 0.5) is 0 Å². The Bertz CT molecular complexity index is 300. The summed E-state index contributed by atoms with van der Waals surface area (Å²) in [5.41, 5.74) is 2.12. The molecule has 1 aromatic rings. The molecule has 0 aliphatic carbocycles. The molecule has 0 radical (unpaired) electrons. The van der Waals surface area contributed by atoms with Crippen LogP contribution in [0.3, 0.4) is 0 Å². The van der Waals surface area contributed by atoms with E-state index in [2.05, 4.69) is 31.2 Å². The summed E-state index contributed by atoms with van der Waals surface area (Å²) < 4.78 is 0. The second-order valence-electron chi connectivity index (χ2n) is 3.94. The van der Waals surface area contributed by atoms with Gasteiger partial charge in [-0.25, -0.2) is 0 Å². The smallest absolute Gasteiger partial charge is 0.130 e. The summed E-state index contributed by atoms with van der Waals surface area (Å²) in [6, 6.07) is 8.34. The Hall–Kier alpha value is -1.11. The molecule has 76 valence electrons. The summed E-state index contributed by atoms with van der Waals surface area (Å²) in [7, 11) is 0. The molecule has 1 rings (SSSR count). The molecule has 0 aliphatic heterocycles. The molecular weight excluding hydrogens is 172 g/mol. The minimum atomic E-state index is -0.313. The van der Waals surface area contributed by atoms with Gasteiger partial charge in [0.15, 0.2) is 0 Å². The van der Waals surface area contributed by atoms with E-state index in [4.69, 9.17) is 0 Å². The van der Waals surface area contributed by atoms with Crippen molar-refractivity contribution in [1.82, 2.24) is 0 Å². The Morgan fingerprint density at radius 3 is 2.14 bits per heavy atom. The minimum Gasteiger partial charge on any atom is -0.302 e. The molecule has 1 heteroatoms. The number of carbonyl (C=O) groups is 1. The van der Waals surface area contributed by atoms with Gasteiger partial charge in [-0.3, -0.25) is 0 Å². The first-order valence-electron chi connectivity index (χ1n) is 5.22. The second kappa shape index (κ2) is 4.41. The molecule has 0 aromatic heterocycles. The number of carbonyl (C=O) groups excluding carboxylic acids is 1. The van der Waals surface area contributed by atoms with Gasteiger partial charge >= 0.3 is 0 Å². The molecule has 0 bridgehead atoms. The van der Waals surface area contributed by atoms with Gasteiger partial charge in [-0.15, -0.1) is 0 Å². The van der Waals surface area contributed by atoms with Crippen LogP contribution in [-0.4, -0.2) is 6.29 Å². The van der Waals surface area contributed by atoms with Gasteiger partial charge in [0.1, 0.15) is 6.29 Å². The van der Waals surface area contributed by atoms with Crippen LogP contribution in [0.1, 0.15) is 38.3 Å². The van der Waals surface area contributed by atoms with Gasteiger partial charge in [0.25, 0.3) is 0 Å². The number of aryl methyl sites for hydroxylation is 1.